The van der Waals surface area contributed by atoms with Gasteiger partial charge in [0.05, 0.1) is 24.5 Å². The van der Waals surface area contributed by atoms with E-state index in [0.29, 0.717) is 50.7 Å². The molecule has 0 aromatic carbocycles. The Morgan fingerprint density at radius 2 is 1.84 bits per heavy atom. The van der Waals surface area contributed by atoms with Crippen molar-refractivity contribution in [2.45, 2.75) is 82.7 Å². The van der Waals surface area contributed by atoms with Crippen LogP contribution in [0.4, 0.5) is 0 Å². The summed E-state index contributed by atoms with van der Waals surface area (Å²) in [5.41, 5.74) is 0.231. The largest absolute Gasteiger partial charge is 0.381 e. The van der Waals surface area contributed by atoms with Crippen LogP contribution in [0.5, 0.6) is 0 Å². The number of carbonyl (C=O) groups is 1. The van der Waals surface area contributed by atoms with Crippen LogP contribution in [0, 0.1) is 5.92 Å². The second kappa shape index (κ2) is 10.3. The SMILES string of the molecule is CC(C)(COC1CCCCO1)c1cc(CC(=O)C(C)(C)S(=O)(=O)CC2CCOCC2)on1. The third-order valence-electron chi connectivity index (χ3n) is 6.60. The van der Waals surface area contributed by atoms with Gasteiger partial charge in [-0.2, -0.15) is 0 Å². The molecule has 0 aliphatic carbocycles. The summed E-state index contributed by atoms with van der Waals surface area (Å²) >= 11 is 0. The number of rotatable bonds is 10. The van der Waals surface area contributed by atoms with Gasteiger partial charge in [-0.3, -0.25) is 4.79 Å². The lowest BCUT2D eigenvalue weighted by molar-refractivity contribution is -0.170. The molecule has 0 amide bonds. The Bertz CT molecular complexity index is 863. The summed E-state index contributed by atoms with van der Waals surface area (Å²) in [5.74, 6) is 0.00887. The molecule has 2 saturated heterocycles. The van der Waals surface area contributed by atoms with Crippen molar-refractivity contribution in [3.05, 3.63) is 17.5 Å². The van der Waals surface area contributed by atoms with Crippen LogP contribution in [0.2, 0.25) is 0 Å². The molecular formula is C23H37NO7S. The van der Waals surface area contributed by atoms with Crippen LogP contribution >= 0.6 is 0 Å². The first-order valence-corrected chi connectivity index (χ1v) is 13.2. The minimum Gasteiger partial charge on any atom is -0.381 e. The molecule has 1 aromatic rings. The highest BCUT2D eigenvalue weighted by Crippen LogP contribution is 2.29. The number of ether oxygens (including phenoxy) is 3. The normalized spacial score (nSPS) is 21.6. The van der Waals surface area contributed by atoms with E-state index in [1.807, 2.05) is 13.8 Å². The van der Waals surface area contributed by atoms with Crippen molar-refractivity contribution >= 4 is 15.6 Å². The summed E-state index contributed by atoms with van der Waals surface area (Å²) < 4.78 is 46.8. The van der Waals surface area contributed by atoms with Crippen LogP contribution in [0.1, 0.15) is 71.3 Å². The van der Waals surface area contributed by atoms with Gasteiger partial charge in [0.2, 0.25) is 0 Å². The Labute approximate surface area is 191 Å². The first-order chi connectivity index (χ1) is 15.0. The molecule has 182 valence electrons. The van der Waals surface area contributed by atoms with Crippen molar-refractivity contribution in [3.8, 4) is 0 Å². The molecule has 1 aromatic heterocycles. The molecular weight excluding hydrogens is 434 g/mol. The van der Waals surface area contributed by atoms with Crippen molar-refractivity contribution in [2.24, 2.45) is 5.92 Å². The van der Waals surface area contributed by atoms with Crippen molar-refractivity contribution in [1.29, 1.82) is 0 Å². The fourth-order valence-corrected chi connectivity index (χ4v) is 5.70. The minimum absolute atomic E-state index is 0.00433. The number of ketones is 1. The lowest BCUT2D eigenvalue weighted by Crippen LogP contribution is -2.44. The molecule has 0 bridgehead atoms. The lowest BCUT2D eigenvalue weighted by Gasteiger charge is -2.28. The molecule has 1 atom stereocenters. The molecule has 8 nitrogen and oxygen atoms in total. The molecule has 3 rings (SSSR count). The third kappa shape index (κ3) is 6.18. The number of carbonyl (C=O) groups excluding carboxylic acids is 1. The summed E-state index contributed by atoms with van der Waals surface area (Å²) in [4.78, 5) is 13.0. The van der Waals surface area contributed by atoms with Gasteiger partial charge in [-0.1, -0.05) is 19.0 Å². The average Bonchev–Trinajstić information content (AvgIpc) is 3.23. The first kappa shape index (κ1) is 25.3. The highest BCUT2D eigenvalue weighted by Gasteiger charge is 2.43. The predicted octanol–water partition coefficient (Wildman–Crippen LogP) is 3.23. The van der Waals surface area contributed by atoms with Gasteiger partial charge in [-0.15, -0.1) is 0 Å². The van der Waals surface area contributed by atoms with Gasteiger partial charge < -0.3 is 18.7 Å². The zero-order chi connectivity index (χ0) is 23.4. The number of hydrogen-bond acceptors (Lipinski definition) is 8. The Hall–Kier alpha value is -1.29. The molecule has 9 heteroatoms. The molecule has 0 N–H and O–H groups in total. The monoisotopic (exact) mass is 471 g/mol. The Balaban J connectivity index is 1.59. The Kier molecular flexibility index (Phi) is 8.17. The fraction of sp³-hybridized carbons (Fsp3) is 0.826. The van der Waals surface area contributed by atoms with Crippen LogP contribution < -0.4 is 0 Å². The lowest BCUT2D eigenvalue weighted by atomic mass is 9.90. The minimum atomic E-state index is -3.62. The number of aromatic nitrogens is 1. The molecule has 3 heterocycles. The van der Waals surface area contributed by atoms with Crippen LogP contribution in [-0.4, -0.2) is 62.6 Å². The number of hydrogen-bond donors (Lipinski definition) is 0. The summed E-state index contributed by atoms with van der Waals surface area (Å²) in [6.07, 6.45) is 4.13. The summed E-state index contributed by atoms with van der Waals surface area (Å²) in [5, 5.41) is 4.13. The molecule has 0 saturated carbocycles. The molecule has 32 heavy (non-hydrogen) atoms. The van der Waals surface area contributed by atoms with Crippen LogP contribution in [-0.2, 0) is 40.7 Å². The average molecular weight is 472 g/mol. The quantitative estimate of drug-likeness (QED) is 0.512. The van der Waals surface area contributed by atoms with E-state index >= 15 is 0 Å². The van der Waals surface area contributed by atoms with Crippen molar-refractivity contribution in [1.82, 2.24) is 5.16 Å². The molecule has 1 unspecified atom stereocenters. The van der Waals surface area contributed by atoms with Crippen molar-refractivity contribution < 1.29 is 31.9 Å². The first-order valence-electron chi connectivity index (χ1n) is 11.5. The van der Waals surface area contributed by atoms with Crippen LogP contribution in [0.15, 0.2) is 10.6 Å². The van der Waals surface area contributed by atoms with E-state index < -0.39 is 25.8 Å². The summed E-state index contributed by atoms with van der Waals surface area (Å²) in [7, 11) is -3.62. The van der Waals surface area contributed by atoms with Gasteiger partial charge in [0.1, 0.15) is 10.5 Å². The summed E-state index contributed by atoms with van der Waals surface area (Å²) in [6, 6.07) is 1.73. The van der Waals surface area contributed by atoms with E-state index in [-0.39, 0.29) is 24.4 Å². The molecule has 2 aliphatic heterocycles. The van der Waals surface area contributed by atoms with E-state index in [0.717, 1.165) is 19.3 Å². The van der Waals surface area contributed by atoms with Gasteiger partial charge in [0.15, 0.2) is 21.9 Å². The topological polar surface area (TPSA) is 105 Å². The van der Waals surface area contributed by atoms with E-state index in [9.17, 15) is 13.2 Å². The molecule has 0 spiro atoms. The standard InChI is InChI=1S/C23H37NO7S/c1-22(2,16-30-21-7-5-6-10-29-21)19-13-18(31-24-19)14-20(25)23(3,4)32(26,27)15-17-8-11-28-12-9-17/h13,17,21H,5-12,14-16H2,1-4H3. The molecule has 2 aliphatic rings. The second-order valence-corrected chi connectivity index (χ2v) is 12.7. The predicted molar refractivity (Wildman–Crippen MR) is 119 cm³/mol. The van der Waals surface area contributed by atoms with Crippen LogP contribution in [0.25, 0.3) is 0 Å². The molecule has 0 radical (unpaired) electrons. The van der Waals surface area contributed by atoms with Gasteiger partial charge in [0.25, 0.3) is 0 Å². The van der Waals surface area contributed by atoms with E-state index in [1.54, 1.807) is 6.07 Å². The summed E-state index contributed by atoms with van der Waals surface area (Å²) in [6.45, 7) is 9.22. The highest BCUT2D eigenvalue weighted by molar-refractivity contribution is 7.93. The van der Waals surface area contributed by atoms with E-state index in [2.05, 4.69) is 5.16 Å². The second-order valence-electron chi connectivity index (χ2n) is 10.1. The van der Waals surface area contributed by atoms with E-state index in [1.165, 1.54) is 13.8 Å². The Morgan fingerprint density at radius 1 is 1.12 bits per heavy atom. The third-order valence-corrected chi connectivity index (χ3v) is 9.29. The number of Topliss-reactive ketones (excluding diaryl/α,β-unsaturated/α-hetero) is 1. The van der Waals surface area contributed by atoms with Crippen molar-refractivity contribution in [3.63, 3.8) is 0 Å². The van der Waals surface area contributed by atoms with Gasteiger partial charge in [-0.25, -0.2) is 8.42 Å². The van der Waals surface area contributed by atoms with E-state index in [4.69, 9.17) is 18.7 Å². The number of nitrogens with zero attached hydrogens (tertiary/aromatic N) is 1. The maximum absolute atomic E-state index is 13.0. The number of sulfone groups is 1. The van der Waals surface area contributed by atoms with Gasteiger partial charge >= 0.3 is 0 Å². The molecule has 2 fully saturated rings. The fourth-order valence-electron chi connectivity index (χ4n) is 3.91. The zero-order valence-corrected chi connectivity index (χ0v) is 20.5. The Morgan fingerprint density at radius 3 is 2.50 bits per heavy atom. The maximum atomic E-state index is 13.0. The van der Waals surface area contributed by atoms with Crippen molar-refractivity contribution in [2.75, 3.05) is 32.2 Å². The van der Waals surface area contributed by atoms with Gasteiger partial charge in [-0.05, 0) is 51.9 Å². The smallest absolute Gasteiger partial charge is 0.162 e. The zero-order valence-electron chi connectivity index (χ0n) is 19.7. The highest BCUT2D eigenvalue weighted by atomic mass is 32.2. The van der Waals surface area contributed by atoms with Crippen LogP contribution in [0.3, 0.4) is 0 Å². The van der Waals surface area contributed by atoms with Gasteiger partial charge in [0, 0.05) is 31.3 Å². The maximum Gasteiger partial charge on any atom is 0.162 e.